The molecule has 1 unspecified atom stereocenters. The Morgan fingerprint density at radius 2 is 1.75 bits per heavy atom. The summed E-state index contributed by atoms with van der Waals surface area (Å²) in [5.41, 5.74) is 1.71. The van der Waals surface area contributed by atoms with E-state index in [0.717, 1.165) is 17.1 Å². The first kappa shape index (κ1) is 10.2. The van der Waals surface area contributed by atoms with Crippen LogP contribution in [0, 0.1) is 11.8 Å². The standard InChI is InChI=1S/C11H20S/c1-7(2)10-6-9(5)12-11(10)8(3)4/h7-9H,6H2,1-5H3. The fourth-order valence-corrected chi connectivity index (χ4v) is 3.21. The molecule has 0 nitrogen and oxygen atoms in total. The Hall–Kier alpha value is 0.0900. The maximum atomic E-state index is 2.34. The van der Waals surface area contributed by atoms with Crippen LogP contribution in [-0.2, 0) is 0 Å². The minimum atomic E-state index is 0.734. The van der Waals surface area contributed by atoms with E-state index in [9.17, 15) is 0 Å². The van der Waals surface area contributed by atoms with E-state index in [1.165, 1.54) is 6.42 Å². The van der Waals surface area contributed by atoms with Crippen LogP contribution in [0.15, 0.2) is 10.5 Å². The summed E-state index contributed by atoms with van der Waals surface area (Å²) in [6, 6.07) is 0. The maximum Gasteiger partial charge on any atom is 0.0101 e. The predicted molar refractivity (Wildman–Crippen MR) is 58.4 cm³/mol. The first-order valence-electron chi connectivity index (χ1n) is 4.92. The van der Waals surface area contributed by atoms with E-state index in [2.05, 4.69) is 46.4 Å². The lowest BCUT2D eigenvalue weighted by atomic mass is 9.95. The van der Waals surface area contributed by atoms with Gasteiger partial charge in [0, 0.05) is 5.25 Å². The van der Waals surface area contributed by atoms with Crippen molar-refractivity contribution in [2.75, 3.05) is 0 Å². The topological polar surface area (TPSA) is 0 Å². The lowest BCUT2D eigenvalue weighted by molar-refractivity contribution is 0.689. The van der Waals surface area contributed by atoms with Crippen molar-refractivity contribution in [2.24, 2.45) is 11.8 Å². The van der Waals surface area contributed by atoms with Crippen LogP contribution < -0.4 is 0 Å². The summed E-state index contributed by atoms with van der Waals surface area (Å²) >= 11 is 2.09. The molecule has 0 radical (unpaired) electrons. The van der Waals surface area contributed by atoms with Crippen LogP contribution in [0.5, 0.6) is 0 Å². The van der Waals surface area contributed by atoms with E-state index in [4.69, 9.17) is 0 Å². The molecule has 1 heterocycles. The third-order valence-corrected chi connectivity index (χ3v) is 3.93. The Labute approximate surface area is 80.8 Å². The fourth-order valence-electron chi connectivity index (χ4n) is 1.77. The van der Waals surface area contributed by atoms with Crippen molar-refractivity contribution >= 4 is 11.8 Å². The zero-order valence-electron chi connectivity index (χ0n) is 8.85. The van der Waals surface area contributed by atoms with Gasteiger partial charge in [-0.05, 0) is 23.2 Å². The second-order valence-corrected chi connectivity index (χ2v) is 5.81. The van der Waals surface area contributed by atoms with Crippen LogP contribution in [0.3, 0.4) is 0 Å². The van der Waals surface area contributed by atoms with Gasteiger partial charge < -0.3 is 0 Å². The Morgan fingerprint density at radius 1 is 1.17 bits per heavy atom. The zero-order chi connectivity index (χ0) is 9.30. The van der Waals surface area contributed by atoms with Crippen molar-refractivity contribution in [3.63, 3.8) is 0 Å². The highest BCUT2D eigenvalue weighted by Crippen LogP contribution is 2.44. The van der Waals surface area contributed by atoms with Gasteiger partial charge in [0.25, 0.3) is 0 Å². The van der Waals surface area contributed by atoms with Crippen LogP contribution in [0.25, 0.3) is 0 Å². The Bertz CT molecular complexity index is 169. The van der Waals surface area contributed by atoms with Crippen molar-refractivity contribution in [3.05, 3.63) is 10.5 Å². The van der Waals surface area contributed by atoms with Crippen LogP contribution in [0.2, 0.25) is 0 Å². The highest BCUT2D eigenvalue weighted by Gasteiger charge is 2.24. The highest BCUT2D eigenvalue weighted by atomic mass is 32.2. The van der Waals surface area contributed by atoms with E-state index in [1.807, 2.05) is 0 Å². The van der Waals surface area contributed by atoms with E-state index in [0.29, 0.717) is 0 Å². The highest BCUT2D eigenvalue weighted by molar-refractivity contribution is 8.03. The summed E-state index contributed by atoms with van der Waals surface area (Å²) in [5, 5.41) is 0.819. The summed E-state index contributed by atoms with van der Waals surface area (Å²) in [4.78, 5) is 1.66. The quantitative estimate of drug-likeness (QED) is 0.623. The number of thioether (sulfide) groups is 1. The van der Waals surface area contributed by atoms with Crippen molar-refractivity contribution < 1.29 is 0 Å². The third kappa shape index (κ3) is 2.07. The van der Waals surface area contributed by atoms with Gasteiger partial charge in [0.1, 0.15) is 0 Å². The molecule has 1 aliphatic heterocycles. The van der Waals surface area contributed by atoms with Gasteiger partial charge in [0.15, 0.2) is 0 Å². The molecule has 70 valence electrons. The van der Waals surface area contributed by atoms with Crippen LogP contribution in [-0.4, -0.2) is 5.25 Å². The molecule has 0 aromatic rings. The summed E-state index contributed by atoms with van der Waals surface area (Å²) in [6.45, 7) is 11.6. The molecular formula is C11H20S. The molecule has 1 heteroatoms. The molecule has 1 rings (SSSR count). The first-order valence-corrected chi connectivity index (χ1v) is 5.80. The van der Waals surface area contributed by atoms with Crippen molar-refractivity contribution in [3.8, 4) is 0 Å². The van der Waals surface area contributed by atoms with Crippen molar-refractivity contribution in [1.29, 1.82) is 0 Å². The van der Waals surface area contributed by atoms with E-state index >= 15 is 0 Å². The summed E-state index contributed by atoms with van der Waals surface area (Å²) in [5.74, 6) is 1.48. The predicted octanol–water partition coefficient (Wildman–Crippen LogP) is 4.08. The molecular weight excluding hydrogens is 164 g/mol. The van der Waals surface area contributed by atoms with Crippen LogP contribution in [0.1, 0.15) is 41.0 Å². The van der Waals surface area contributed by atoms with E-state index in [1.54, 1.807) is 10.5 Å². The average Bonchev–Trinajstić information content (AvgIpc) is 2.31. The smallest absolute Gasteiger partial charge is 0.0101 e. The largest absolute Gasteiger partial charge is 0.127 e. The fraction of sp³-hybridized carbons (Fsp3) is 0.818. The minimum Gasteiger partial charge on any atom is -0.127 e. The SMILES string of the molecule is CC1CC(C(C)C)=C(C(C)C)S1. The van der Waals surface area contributed by atoms with Gasteiger partial charge in [-0.2, -0.15) is 0 Å². The molecule has 1 aliphatic rings. The Balaban J connectivity index is 2.81. The average molecular weight is 184 g/mol. The molecule has 0 aromatic heterocycles. The summed E-state index contributed by atoms with van der Waals surface area (Å²) in [7, 11) is 0. The third-order valence-electron chi connectivity index (χ3n) is 2.37. The van der Waals surface area contributed by atoms with Gasteiger partial charge in [-0.3, -0.25) is 0 Å². The van der Waals surface area contributed by atoms with Crippen LogP contribution >= 0.6 is 11.8 Å². The molecule has 0 spiro atoms. The van der Waals surface area contributed by atoms with Crippen molar-refractivity contribution in [2.45, 2.75) is 46.3 Å². The molecule has 0 aromatic carbocycles. The Morgan fingerprint density at radius 3 is 2.08 bits per heavy atom. The molecule has 0 saturated heterocycles. The second kappa shape index (κ2) is 3.87. The molecule has 1 atom stereocenters. The maximum absolute atomic E-state index is 2.34. The van der Waals surface area contributed by atoms with E-state index < -0.39 is 0 Å². The molecule has 0 N–H and O–H groups in total. The summed E-state index contributed by atoms with van der Waals surface area (Å²) < 4.78 is 0. The first-order chi connectivity index (χ1) is 5.52. The summed E-state index contributed by atoms with van der Waals surface area (Å²) in [6.07, 6.45) is 1.32. The monoisotopic (exact) mass is 184 g/mol. The number of allylic oxidation sites excluding steroid dienone is 2. The zero-order valence-corrected chi connectivity index (χ0v) is 9.66. The minimum absolute atomic E-state index is 0.734. The van der Waals surface area contributed by atoms with Gasteiger partial charge in [0.2, 0.25) is 0 Å². The molecule has 12 heavy (non-hydrogen) atoms. The molecule has 0 aliphatic carbocycles. The molecule has 0 fully saturated rings. The lowest BCUT2D eigenvalue weighted by Crippen LogP contribution is -1.98. The molecule has 0 bridgehead atoms. The molecule has 0 saturated carbocycles. The van der Waals surface area contributed by atoms with Gasteiger partial charge in [-0.1, -0.05) is 40.2 Å². The van der Waals surface area contributed by atoms with E-state index in [-0.39, 0.29) is 0 Å². The number of hydrogen-bond acceptors (Lipinski definition) is 1. The van der Waals surface area contributed by atoms with Gasteiger partial charge in [0.05, 0.1) is 0 Å². The number of rotatable bonds is 2. The molecule has 0 amide bonds. The van der Waals surface area contributed by atoms with Gasteiger partial charge in [-0.15, -0.1) is 11.8 Å². The normalized spacial score (nSPS) is 24.8. The van der Waals surface area contributed by atoms with Crippen molar-refractivity contribution in [1.82, 2.24) is 0 Å². The second-order valence-electron chi connectivity index (χ2n) is 4.33. The Kier molecular flexibility index (Phi) is 3.28. The van der Waals surface area contributed by atoms with Gasteiger partial charge in [-0.25, -0.2) is 0 Å². The van der Waals surface area contributed by atoms with Gasteiger partial charge >= 0.3 is 0 Å². The van der Waals surface area contributed by atoms with Crippen LogP contribution in [0.4, 0.5) is 0 Å². The number of hydrogen-bond donors (Lipinski definition) is 0. The lowest BCUT2D eigenvalue weighted by Gasteiger charge is -2.12.